The van der Waals surface area contributed by atoms with Crippen LogP contribution in [0.1, 0.15) is 63.0 Å². The molecule has 1 unspecified atom stereocenters. The number of pyridine rings is 1. The molecule has 38 heavy (non-hydrogen) atoms. The Balaban J connectivity index is 1.92. The minimum absolute atomic E-state index is 0.221. The number of fused-ring (bicyclic) bond motifs is 1. The van der Waals surface area contributed by atoms with Crippen LogP contribution in [0, 0.1) is 12.7 Å². The van der Waals surface area contributed by atoms with Crippen LogP contribution in [-0.4, -0.2) is 29.8 Å². The molecule has 1 aliphatic rings. The van der Waals surface area contributed by atoms with Crippen LogP contribution in [0.5, 0.6) is 5.75 Å². The number of carbonyl (C=O) groups excluding carboxylic acids is 1. The summed E-state index contributed by atoms with van der Waals surface area (Å²) in [5.41, 5.74) is 4.97. The lowest BCUT2D eigenvalue weighted by molar-refractivity contribution is -0.166. The molecule has 0 amide bonds. The van der Waals surface area contributed by atoms with Gasteiger partial charge in [0.2, 0.25) is 0 Å². The maximum atomic E-state index is 15.3. The number of aromatic nitrogens is 1. The van der Waals surface area contributed by atoms with E-state index in [1.165, 1.54) is 0 Å². The zero-order valence-corrected chi connectivity index (χ0v) is 22.9. The lowest BCUT2D eigenvalue weighted by Crippen LogP contribution is -2.29. The summed E-state index contributed by atoms with van der Waals surface area (Å²) < 4.78 is 33.2. The predicted molar refractivity (Wildman–Crippen MR) is 148 cm³/mol. The Labute approximate surface area is 222 Å². The molecular weight excluding hydrogens is 481 g/mol. The highest BCUT2D eigenvalue weighted by atomic mass is 19.1. The van der Waals surface area contributed by atoms with Gasteiger partial charge in [-0.2, -0.15) is 0 Å². The van der Waals surface area contributed by atoms with Gasteiger partial charge < -0.3 is 14.2 Å². The van der Waals surface area contributed by atoms with Crippen molar-refractivity contribution in [1.82, 2.24) is 4.98 Å². The van der Waals surface area contributed by atoms with Crippen molar-refractivity contribution < 1.29 is 23.4 Å². The molecule has 0 radical (unpaired) electrons. The Morgan fingerprint density at radius 1 is 1.16 bits per heavy atom. The topological polar surface area (TPSA) is 57.7 Å². The monoisotopic (exact) mass is 515 g/mol. The van der Waals surface area contributed by atoms with E-state index in [9.17, 15) is 4.79 Å². The maximum Gasteiger partial charge on any atom is 0.339 e. The van der Waals surface area contributed by atoms with Crippen molar-refractivity contribution in [2.45, 2.75) is 66.1 Å². The summed E-state index contributed by atoms with van der Waals surface area (Å²) in [7, 11) is 0. The zero-order valence-electron chi connectivity index (χ0n) is 22.9. The van der Waals surface area contributed by atoms with E-state index in [1.807, 2.05) is 65.0 Å². The number of carbonyl (C=O) groups is 1. The van der Waals surface area contributed by atoms with Gasteiger partial charge in [-0.3, -0.25) is 4.98 Å². The second-order valence-electron chi connectivity index (χ2n) is 10.8. The SMILES string of the molecule is CCOC(=O)C(OC(C)(C)C)c1c(C)cc2cc(CC)c(F)cc2c1-c1ccc2c3c(ccnc13)CCO2. The average Bonchev–Trinajstić information content (AvgIpc) is 2.87. The van der Waals surface area contributed by atoms with E-state index in [0.29, 0.717) is 29.5 Å². The van der Waals surface area contributed by atoms with Gasteiger partial charge in [-0.1, -0.05) is 13.0 Å². The van der Waals surface area contributed by atoms with Crippen molar-refractivity contribution >= 4 is 27.6 Å². The summed E-state index contributed by atoms with van der Waals surface area (Å²) in [6.07, 6.45) is 2.16. The normalized spacial score (nSPS) is 14.0. The molecule has 1 aliphatic heterocycles. The maximum absolute atomic E-state index is 15.3. The van der Waals surface area contributed by atoms with Gasteiger partial charge in [-0.05, 0) is 104 Å². The molecule has 1 atom stereocenters. The van der Waals surface area contributed by atoms with Crippen molar-refractivity contribution in [1.29, 1.82) is 0 Å². The molecule has 0 aliphatic carbocycles. The Hall–Kier alpha value is -3.51. The fourth-order valence-electron chi connectivity index (χ4n) is 5.43. The fourth-order valence-corrected chi connectivity index (χ4v) is 5.43. The summed E-state index contributed by atoms with van der Waals surface area (Å²) in [5, 5.41) is 2.55. The van der Waals surface area contributed by atoms with E-state index >= 15 is 4.39 Å². The molecule has 0 saturated carbocycles. The number of hydrogen-bond donors (Lipinski definition) is 0. The molecule has 5 rings (SSSR count). The molecule has 0 saturated heterocycles. The van der Waals surface area contributed by atoms with Gasteiger partial charge in [0.15, 0.2) is 6.10 Å². The first-order valence-electron chi connectivity index (χ1n) is 13.3. The lowest BCUT2D eigenvalue weighted by Gasteiger charge is -2.30. The summed E-state index contributed by atoms with van der Waals surface area (Å²) in [4.78, 5) is 18.2. The molecule has 5 nitrogen and oxygen atoms in total. The first-order valence-corrected chi connectivity index (χ1v) is 13.3. The van der Waals surface area contributed by atoms with Crippen molar-refractivity contribution in [2.75, 3.05) is 13.2 Å². The summed E-state index contributed by atoms with van der Waals surface area (Å²) in [6.45, 7) is 12.2. The number of benzene rings is 3. The van der Waals surface area contributed by atoms with Gasteiger partial charge in [-0.15, -0.1) is 0 Å². The molecule has 0 bridgehead atoms. The molecule has 3 aromatic carbocycles. The molecule has 4 aromatic rings. The van der Waals surface area contributed by atoms with Crippen molar-refractivity contribution in [3.8, 4) is 16.9 Å². The molecular formula is C32H34FNO4. The quantitative estimate of drug-likeness (QED) is 0.250. The van der Waals surface area contributed by atoms with Gasteiger partial charge in [0, 0.05) is 29.1 Å². The smallest absolute Gasteiger partial charge is 0.339 e. The first-order chi connectivity index (χ1) is 18.1. The first kappa shape index (κ1) is 26.1. The fraction of sp³-hybridized carbons (Fsp3) is 0.375. The van der Waals surface area contributed by atoms with Crippen LogP contribution >= 0.6 is 0 Å². The van der Waals surface area contributed by atoms with E-state index in [0.717, 1.165) is 50.7 Å². The highest BCUT2D eigenvalue weighted by Gasteiger charge is 2.34. The number of hydrogen-bond acceptors (Lipinski definition) is 5. The van der Waals surface area contributed by atoms with Crippen LogP contribution in [0.2, 0.25) is 0 Å². The van der Waals surface area contributed by atoms with Crippen LogP contribution in [-0.2, 0) is 27.1 Å². The van der Waals surface area contributed by atoms with E-state index < -0.39 is 17.7 Å². The van der Waals surface area contributed by atoms with Crippen LogP contribution in [0.15, 0.2) is 42.6 Å². The standard InChI is InChI=1S/C32H34FNO4/c1-7-19-16-21-15-18(3)26(30(31(35)36-8-2)38-32(4,5)6)28(23(21)17-24(19)33)22-9-10-25-27-20(12-14-37-25)11-13-34-29(22)27/h9-11,13,15-17,30H,7-8,12,14H2,1-6H3. The highest BCUT2D eigenvalue weighted by molar-refractivity contribution is 6.09. The third-order valence-electron chi connectivity index (χ3n) is 7.01. The Morgan fingerprint density at radius 3 is 2.66 bits per heavy atom. The largest absolute Gasteiger partial charge is 0.493 e. The molecule has 0 fully saturated rings. The van der Waals surface area contributed by atoms with Crippen LogP contribution < -0.4 is 4.74 Å². The minimum atomic E-state index is -1.01. The Kier molecular flexibility index (Phi) is 6.86. The Bertz CT molecular complexity index is 1540. The highest BCUT2D eigenvalue weighted by Crippen LogP contribution is 2.45. The number of ether oxygens (including phenoxy) is 3. The van der Waals surface area contributed by atoms with Crippen LogP contribution in [0.25, 0.3) is 32.8 Å². The Morgan fingerprint density at radius 2 is 1.95 bits per heavy atom. The average molecular weight is 516 g/mol. The molecule has 0 N–H and O–H groups in total. The van der Waals surface area contributed by atoms with Crippen LogP contribution in [0.3, 0.4) is 0 Å². The van der Waals surface area contributed by atoms with Gasteiger partial charge in [0.1, 0.15) is 11.6 Å². The third kappa shape index (κ3) is 4.62. The summed E-state index contributed by atoms with van der Waals surface area (Å²) in [6, 6.07) is 11.4. The number of halogens is 1. The summed E-state index contributed by atoms with van der Waals surface area (Å²) in [5.74, 6) is 0.0271. The molecule has 6 heteroatoms. The van der Waals surface area contributed by atoms with E-state index in [-0.39, 0.29) is 12.4 Å². The predicted octanol–water partition coefficient (Wildman–Crippen LogP) is 7.42. The number of rotatable bonds is 6. The van der Waals surface area contributed by atoms with Gasteiger partial charge >= 0.3 is 5.97 Å². The van der Waals surface area contributed by atoms with Gasteiger partial charge in [-0.25, -0.2) is 9.18 Å². The number of nitrogens with zero attached hydrogens (tertiary/aromatic N) is 1. The van der Waals surface area contributed by atoms with Gasteiger partial charge in [0.25, 0.3) is 0 Å². The number of esters is 1. The van der Waals surface area contributed by atoms with Crippen molar-refractivity contribution in [3.63, 3.8) is 0 Å². The van der Waals surface area contributed by atoms with Crippen molar-refractivity contribution in [3.05, 3.63) is 70.7 Å². The number of aryl methyl sites for hydroxylation is 2. The molecule has 1 aromatic heterocycles. The second-order valence-corrected chi connectivity index (χ2v) is 10.8. The lowest BCUT2D eigenvalue weighted by atomic mass is 9.85. The van der Waals surface area contributed by atoms with E-state index in [2.05, 4.69) is 0 Å². The second kappa shape index (κ2) is 9.99. The zero-order chi connectivity index (χ0) is 27.2. The molecule has 2 heterocycles. The minimum Gasteiger partial charge on any atom is -0.493 e. The van der Waals surface area contributed by atoms with Crippen molar-refractivity contribution in [2.24, 2.45) is 0 Å². The molecule has 198 valence electrons. The third-order valence-corrected chi connectivity index (χ3v) is 7.01. The van der Waals surface area contributed by atoms with Crippen LogP contribution in [0.4, 0.5) is 4.39 Å². The van der Waals surface area contributed by atoms with E-state index in [4.69, 9.17) is 19.2 Å². The molecule has 0 spiro atoms. The van der Waals surface area contributed by atoms with Gasteiger partial charge in [0.05, 0.1) is 24.3 Å². The summed E-state index contributed by atoms with van der Waals surface area (Å²) >= 11 is 0. The van der Waals surface area contributed by atoms with E-state index in [1.54, 1.807) is 19.2 Å².